The summed E-state index contributed by atoms with van der Waals surface area (Å²) in [6.07, 6.45) is 7.68. The van der Waals surface area contributed by atoms with Gasteiger partial charge in [-0.3, -0.25) is 4.79 Å². The van der Waals surface area contributed by atoms with Crippen LogP contribution in [0.3, 0.4) is 0 Å². The monoisotopic (exact) mass is 324 g/mol. The van der Waals surface area contributed by atoms with E-state index in [1.807, 2.05) is 0 Å². The molecule has 0 radical (unpaired) electrons. The number of unbranched alkanes of at least 4 members (excludes halogenated alkanes) is 2. The summed E-state index contributed by atoms with van der Waals surface area (Å²) in [5.74, 6) is -2.12. The van der Waals surface area contributed by atoms with Crippen LogP contribution in [0.5, 0.6) is 0 Å². The molecule has 0 bridgehead atoms. The Balaban J connectivity index is 0. The Hall–Kier alpha value is -0.400. The minimum Gasteiger partial charge on any atom is -0.550 e. The van der Waals surface area contributed by atoms with Gasteiger partial charge in [-0.05, 0) is 12.8 Å². The molecule has 0 aromatic carbocycles. The first kappa shape index (κ1) is 23.9. The molecular formula is C15H27NNaO5+. The molecule has 6 nitrogen and oxygen atoms in total. The Morgan fingerprint density at radius 3 is 2.18 bits per heavy atom. The van der Waals surface area contributed by atoms with Crippen LogP contribution < -0.4 is 34.7 Å². The number of carboxylic acid groups (broad SMARTS) is 2. The van der Waals surface area contributed by atoms with Crippen molar-refractivity contribution in [1.82, 2.24) is 0 Å². The first-order valence-corrected chi connectivity index (χ1v) is 7.48. The zero-order valence-electron chi connectivity index (χ0n) is 13.8. The Bertz CT molecular complexity index is 329. The van der Waals surface area contributed by atoms with Gasteiger partial charge < -0.3 is 24.6 Å². The van der Waals surface area contributed by atoms with Crippen molar-refractivity contribution in [3.05, 3.63) is 12.2 Å². The minimum absolute atomic E-state index is 0. The number of hydrogen-bond acceptors (Lipinski definition) is 4. The van der Waals surface area contributed by atoms with Gasteiger partial charge >= 0.3 is 35.5 Å². The van der Waals surface area contributed by atoms with Crippen LogP contribution in [0.25, 0.3) is 0 Å². The van der Waals surface area contributed by atoms with Crippen molar-refractivity contribution in [3.8, 4) is 0 Å². The van der Waals surface area contributed by atoms with Gasteiger partial charge in [-0.2, -0.15) is 0 Å². The number of quaternary nitrogens is 1. The molecule has 0 aromatic rings. The molecule has 2 N–H and O–H groups in total. The van der Waals surface area contributed by atoms with Crippen LogP contribution in [-0.4, -0.2) is 53.0 Å². The predicted octanol–water partition coefficient (Wildman–Crippen LogP) is -2.49. The topological polar surface area (TPSA) is 97.7 Å². The van der Waals surface area contributed by atoms with Crippen LogP contribution in [-0.2, 0) is 9.59 Å². The second kappa shape index (κ2) is 14.2. The van der Waals surface area contributed by atoms with Gasteiger partial charge in [-0.25, -0.2) is 0 Å². The standard InChI is InChI=1S/C15H27NO5.Na/c1-2-3-4-5-6-7-10-16(13-17,11-8-14(18)19)12-9-15(20)21;/h4-5,17H,2-3,6-13H2,1H3,(H-,18,19,20,21);/q;+1/b5-4+;. The fourth-order valence-corrected chi connectivity index (χ4v) is 2.16. The van der Waals surface area contributed by atoms with Gasteiger partial charge in [0.15, 0.2) is 6.73 Å². The summed E-state index contributed by atoms with van der Waals surface area (Å²) >= 11 is 0. The van der Waals surface area contributed by atoms with Crippen LogP contribution in [0, 0.1) is 0 Å². The Kier molecular flexibility index (Phi) is 15.4. The predicted molar refractivity (Wildman–Crippen MR) is 77.1 cm³/mol. The summed E-state index contributed by atoms with van der Waals surface area (Å²) in [6, 6.07) is 0. The van der Waals surface area contributed by atoms with E-state index < -0.39 is 11.9 Å². The first-order valence-electron chi connectivity index (χ1n) is 7.48. The summed E-state index contributed by atoms with van der Waals surface area (Å²) in [4.78, 5) is 21.3. The van der Waals surface area contributed by atoms with Crippen LogP contribution in [0.2, 0.25) is 0 Å². The van der Waals surface area contributed by atoms with Gasteiger partial charge in [0.25, 0.3) is 0 Å². The van der Waals surface area contributed by atoms with Crippen molar-refractivity contribution < 1.29 is 58.9 Å². The second-order valence-corrected chi connectivity index (χ2v) is 5.32. The Labute approximate surface area is 154 Å². The molecule has 0 rings (SSSR count). The number of carboxylic acids is 2. The third kappa shape index (κ3) is 12.2. The molecular weight excluding hydrogens is 297 g/mol. The van der Waals surface area contributed by atoms with E-state index in [2.05, 4.69) is 19.1 Å². The van der Waals surface area contributed by atoms with Crippen LogP contribution >= 0.6 is 0 Å². The number of nitrogens with zero attached hydrogens (tertiary/aromatic N) is 1. The average Bonchev–Trinajstić information content (AvgIpc) is 2.45. The largest absolute Gasteiger partial charge is 1.00 e. The molecule has 1 atom stereocenters. The third-order valence-corrected chi connectivity index (χ3v) is 3.52. The normalized spacial score (nSPS) is 13.5. The zero-order chi connectivity index (χ0) is 16.1. The van der Waals surface area contributed by atoms with Gasteiger partial charge in [0.1, 0.15) is 0 Å². The number of hydrogen-bond donors (Lipinski definition) is 2. The van der Waals surface area contributed by atoms with Crippen molar-refractivity contribution >= 4 is 11.9 Å². The molecule has 0 aromatic heterocycles. The van der Waals surface area contributed by atoms with Gasteiger partial charge in [-0.1, -0.05) is 25.5 Å². The number of rotatable bonds is 13. The second-order valence-electron chi connectivity index (χ2n) is 5.32. The summed E-state index contributed by atoms with van der Waals surface area (Å²) in [5.41, 5.74) is 0. The fraction of sp³-hybridized carbons (Fsp3) is 0.733. The molecule has 0 saturated heterocycles. The minimum atomic E-state index is -1.18. The number of aliphatic hydroxyl groups is 1. The maximum atomic E-state index is 10.7. The van der Waals surface area contributed by atoms with Gasteiger partial charge in [-0.15, -0.1) is 0 Å². The number of carbonyl (C=O) groups is 2. The molecule has 0 amide bonds. The van der Waals surface area contributed by atoms with Crippen molar-refractivity contribution in [2.24, 2.45) is 0 Å². The van der Waals surface area contributed by atoms with Crippen molar-refractivity contribution in [2.45, 2.75) is 45.4 Å². The number of aliphatic hydroxyl groups excluding tert-OH is 1. The van der Waals surface area contributed by atoms with Gasteiger partial charge in [0, 0.05) is 18.8 Å². The maximum Gasteiger partial charge on any atom is 1.00 e. The molecule has 0 saturated carbocycles. The number of allylic oxidation sites excluding steroid dienone is 2. The van der Waals surface area contributed by atoms with Crippen molar-refractivity contribution in [2.75, 3.05) is 26.4 Å². The summed E-state index contributed by atoms with van der Waals surface area (Å²) in [7, 11) is 0. The van der Waals surface area contributed by atoms with E-state index in [0.29, 0.717) is 6.54 Å². The van der Waals surface area contributed by atoms with E-state index in [9.17, 15) is 19.8 Å². The molecule has 0 heterocycles. The summed E-state index contributed by atoms with van der Waals surface area (Å²) < 4.78 is 0.0991. The molecule has 0 aliphatic heterocycles. The van der Waals surface area contributed by atoms with E-state index in [1.165, 1.54) is 0 Å². The molecule has 7 heteroatoms. The van der Waals surface area contributed by atoms with Crippen molar-refractivity contribution in [3.63, 3.8) is 0 Å². The number of carbonyl (C=O) groups excluding carboxylic acids is 1. The zero-order valence-corrected chi connectivity index (χ0v) is 15.8. The molecule has 0 fully saturated rings. The molecule has 122 valence electrons. The van der Waals surface area contributed by atoms with Crippen molar-refractivity contribution in [1.29, 1.82) is 0 Å². The quantitative estimate of drug-likeness (QED) is 0.128. The third-order valence-electron chi connectivity index (χ3n) is 3.52. The van der Waals surface area contributed by atoms with E-state index in [-0.39, 0.29) is 66.7 Å². The Morgan fingerprint density at radius 2 is 1.68 bits per heavy atom. The van der Waals surface area contributed by atoms with Gasteiger partial charge in [0.05, 0.1) is 26.1 Å². The van der Waals surface area contributed by atoms with Crippen LogP contribution in [0.4, 0.5) is 0 Å². The first-order chi connectivity index (χ1) is 9.95. The SMILES string of the molecule is CCC/C=C/CCC[N+](CO)(CCC(=O)[O-])CCC(=O)O.[Na+]. The fourth-order valence-electron chi connectivity index (χ4n) is 2.16. The molecule has 0 aliphatic carbocycles. The maximum absolute atomic E-state index is 10.7. The molecule has 1 unspecified atom stereocenters. The summed E-state index contributed by atoms with van der Waals surface area (Å²) in [5, 5.41) is 29.0. The average molecular weight is 324 g/mol. The van der Waals surface area contributed by atoms with E-state index in [4.69, 9.17) is 5.11 Å². The van der Waals surface area contributed by atoms with E-state index in [1.54, 1.807) is 0 Å². The smallest absolute Gasteiger partial charge is 0.550 e. The molecule has 0 aliphatic rings. The molecule has 0 spiro atoms. The van der Waals surface area contributed by atoms with E-state index >= 15 is 0 Å². The van der Waals surface area contributed by atoms with Crippen LogP contribution in [0.15, 0.2) is 12.2 Å². The van der Waals surface area contributed by atoms with Gasteiger partial charge in [0.2, 0.25) is 0 Å². The molecule has 22 heavy (non-hydrogen) atoms. The van der Waals surface area contributed by atoms with E-state index in [0.717, 1.165) is 25.7 Å². The number of aliphatic carboxylic acids is 2. The van der Waals surface area contributed by atoms with Crippen LogP contribution in [0.1, 0.15) is 45.4 Å². The Morgan fingerprint density at radius 1 is 1.09 bits per heavy atom. The summed E-state index contributed by atoms with van der Waals surface area (Å²) in [6.45, 7) is 2.85.